The average molecular weight is 400 g/mol. The summed E-state index contributed by atoms with van der Waals surface area (Å²) in [6.07, 6.45) is -0.0557. The van der Waals surface area contributed by atoms with E-state index in [2.05, 4.69) is 5.32 Å². The summed E-state index contributed by atoms with van der Waals surface area (Å²) in [4.78, 5) is 38.3. The van der Waals surface area contributed by atoms with Crippen molar-refractivity contribution in [1.29, 1.82) is 0 Å². The van der Waals surface area contributed by atoms with Crippen LogP contribution in [0, 0.1) is 5.82 Å². The zero-order chi connectivity index (χ0) is 21.0. The van der Waals surface area contributed by atoms with Crippen molar-refractivity contribution in [2.75, 3.05) is 23.9 Å². The third-order valence-electron chi connectivity index (χ3n) is 4.55. The predicted molar refractivity (Wildman–Crippen MR) is 104 cm³/mol. The van der Waals surface area contributed by atoms with Crippen LogP contribution in [0.15, 0.2) is 42.5 Å². The molecule has 2 amide bonds. The van der Waals surface area contributed by atoms with Gasteiger partial charge in [-0.3, -0.25) is 14.4 Å². The first-order chi connectivity index (χ1) is 13.9. The Morgan fingerprint density at radius 3 is 2.72 bits per heavy atom. The van der Waals surface area contributed by atoms with Gasteiger partial charge >= 0.3 is 5.97 Å². The SMILES string of the molecule is COc1ccc(CC(=O)OCC(=O)N2c3ccccc3NC(=O)C[C@H]2C)cc1F. The highest BCUT2D eigenvalue weighted by Gasteiger charge is 2.30. The number of benzene rings is 2. The van der Waals surface area contributed by atoms with Gasteiger partial charge in [-0.05, 0) is 36.8 Å². The molecule has 2 aromatic rings. The highest BCUT2D eigenvalue weighted by atomic mass is 19.1. The number of anilines is 2. The van der Waals surface area contributed by atoms with Gasteiger partial charge in [0, 0.05) is 12.5 Å². The van der Waals surface area contributed by atoms with Gasteiger partial charge in [-0.1, -0.05) is 18.2 Å². The number of amides is 2. The number of halogens is 1. The number of carbonyl (C=O) groups is 3. The van der Waals surface area contributed by atoms with Gasteiger partial charge in [0.2, 0.25) is 5.91 Å². The molecular formula is C21H21FN2O5. The number of nitrogens with one attached hydrogen (secondary N) is 1. The second-order valence-corrected chi connectivity index (χ2v) is 6.69. The van der Waals surface area contributed by atoms with E-state index in [1.165, 1.54) is 24.1 Å². The number of esters is 1. The number of ether oxygens (including phenoxy) is 2. The molecule has 0 saturated carbocycles. The molecule has 0 aromatic heterocycles. The lowest BCUT2D eigenvalue weighted by atomic mass is 10.1. The topological polar surface area (TPSA) is 84.9 Å². The maximum Gasteiger partial charge on any atom is 0.310 e. The van der Waals surface area contributed by atoms with Crippen LogP contribution in [-0.4, -0.2) is 37.5 Å². The van der Waals surface area contributed by atoms with Gasteiger partial charge in [0.25, 0.3) is 5.91 Å². The van der Waals surface area contributed by atoms with Gasteiger partial charge in [0.05, 0.1) is 24.9 Å². The fourth-order valence-corrected chi connectivity index (χ4v) is 3.22. The lowest BCUT2D eigenvalue weighted by molar-refractivity contribution is -0.147. The number of rotatable bonds is 5. The van der Waals surface area contributed by atoms with Crippen molar-refractivity contribution in [2.45, 2.75) is 25.8 Å². The van der Waals surface area contributed by atoms with Crippen molar-refractivity contribution in [3.8, 4) is 5.75 Å². The highest BCUT2D eigenvalue weighted by Crippen LogP contribution is 2.31. The second-order valence-electron chi connectivity index (χ2n) is 6.69. The van der Waals surface area contributed by atoms with Gasteiger partial charge in [-0.2, -0.15) is 0 Å². The fraction of sp³-hybridized carbons (Fsp3) is 0.286. The number of nitrogens with zero attached hydrogens (tertiary/aromatic N) is 1. The zero-order valence-corrected chi connectivity index (χ0v) is 16.1. The molecular weight excluding hydrogens is 379 g/mol. The molecule has 0 fully saturated rings. The first kappa shape index (κ1) is 20.3. The van der Waals surface area contributed by atoms with Crippen molar-refractivity contribution in [3.63, 3.8) is 0 Å². The van der Waals surface area contributed by atoms with Crippen LogP contribution in [-0.2, 0) is 25.5 Å². The Hall–Kier alpha value is -3.42. The predicted octanol–water partition coefficient (Wildman–Crippen LogP) is 2.68. The van der Waals surface area contributed by atoms with Crippen LogP contribution in [0.5, 0.6) is 5.75 Å². The minimum absolute atomic E-state index is 0.0780. The summed E-state index contributed by atoms with van der Waals surface area (Å²) < 4.78 is 23.7. The summed E-state index contributed by atoms with van der Waals surface area (Å²) >= 11 is 0. The molecule has 7 nitrogen and oxygen atoms in total. The number of methoxy groups -OCH3 is 1. The molecule has 1 aliphatic heterocycles. The van der Waals surface area contributed by atoms with Crippen LogP contribution in [0.3, 0.4) is 0 Å². The Kier molecular flexibility index (Phi) is 6.11. The standard InChI is InChI=1S/C21H21FN2O5/c1-13-9-19(25)23-16-5-3-4-6-17(16)24(13)20(26)12-29-21(27)11-14-7-8-18(28-2)15(22)10-14/h3-8,10,13H,9,11-12H2,1-2H3,(H,23,25)/t13-/m1/s1. The second kappa shape index (κ2) is 8.72. The normalized spacial score (nSPS) is 15.8. The molecule has 1 aliphatic rings. The van der Waals surface area contributed by atoms with E-state index in [1.807, 2.05) is 0 Å². The molecule has 29 heavy (non-hydrogen) atoms. The third-order valence-corrected chi connectivity index (χ3v) is 4.55. The Morgan fingerprint density at radius 1 is 1.24 bits per heavy atom. The van der Waals surface area contributed by atoms with Crippen LogP contribution in [0.2, 0.25) is 0 Å². The monoisotopic (exact) mass is 400 g/mol. The van der Waals surface area contributed by atoms with E-state index < -0.39 is 30.3 Å². The molecule has 3 rings (SSSR count). The lowest BCUT2D eigenvalue weighted by Crippen LogP contribution is -2.41. The quantitative estimate of drug-likeness (QED) is 0.780. The van der Waals surface area contributed by atoms with Crippen molar-refractivity contribution in [3.05, 3.63) is 53.8 Å². The number of fused-ring (bicyclic) bond motifs is 1. The van der Waals surface area contributed by atoms with Gasteiger partial charge < -0.3 is 19.7 Å². The van der Waals surface area contributed by atoms with E-state index in [9.17, 15) is 18.8 Å². The van der Waals surface area contributed by atoms with E-state index in [0.29, 0.717) is 16.9 Å². The first-order valence-electron chi connectivity index (χ1n) is 9.08. The Morgan fingerprint density at radius 2 is 2.00 bits per heavy atom. The van der Waals surface area contributed by atoms with Crippen molar-refractivity contribution >= 4 is 29.2 Å². The van der Waals surface area contributed by atoms with Crippen LogP contribution in [0.1, 0.15) is 18.9 Å². The maximum atomic E-state index is 13.7. The molecule has 0 saturated heterocycles. The molecule has 0 spiro atoms. The largest absolute Gasteiger partial charge is 0.494 e. The Labute approximate surface area is 167 Å². The highest BCUT2D eigenvalue weighted by molar-refractivity contribution is 6.05. The summed E-state index contributed by atoms with van der Waals surface area (Å²) in [5, 5.41) is 2.76. The Balaban J connectivity index is 1.66. The number of carbonyl (C=O) groups excluding carboxylic acids is 3. The third kappa shape index (κ3) is 4.71. The summed E-state index contributed by atoms with van der Waals surface area (Å²) in [5.74, 6) is -1.81. The fourth-order valence-electron chi connectivity index (χ4n) is 3.22. The van der Waals surface area contributed by atoms with Crippen LogP contribution in [0.25, 0.3) is 0 Å². The minimum Gasteiger partial charge on any atom is -0.494 e. The molecule has 0 aliphatic carbocycles. The first-order valence-corrected chi connectivity index (χ1v) is 9.08. The van der Waals surface area contributed by atoms with Crippen LogP contribution in [0.4, 0.5) is 15.8 Å². The summed E-state index contributed by atoms with van der Waals surface area (Å²) in [7, 11) is 1.35. The number of hydrogen-bond donors (Lipinski definition) is 1. The van der Waals surface area contributed by atoms with E-state index in [-0.39, 0.29) is 24.5 Å². The van der Waals surface area contributed by atoms with Gasteiger partial charge in [-0.15, -0.1) is 0 Å². The van der Waals surface area contributed by atoms with E-state index >= 15 is 0 Å². The average Bonchev–Trinajstić information content (AvgIpc) is 2.80. The number of hydrogen-bond acceptors (Lipinski definition) is 5. The molecule has 0 bridgehead atoms. The van der Waals surface area contributed by atoms with Crippen molar-refractivity contribution in [2.24, 2.45) is 0 Å². The molecule has 0 radical (unpaired) electrons. The van der Waals surface area contributed by atoms with E-state index in [4.69, 9.17) is 9.47 Å². The van der Waals surface area contributed by atoms with Crippen LogP contribution < -0.4 is 15.0 Å². The molecule has 1 N–H and O–H groups in total. The van der Waals surface area contributed by atoms with Crippen molar-refractivity contribution in [1.82, 2.24) is 0 Å². The molecule has 152 valence electrons. The van der Waals surface area contributed by atoms with Gasteiger partial charge in [-0.25, -0.2) is 4.39 Å². The smallest absolute Gasteiger partial charge is 0.310 e. The molecule has 1 atom stereocenters. The maximum absolute atomic E-state index is 13.7. The van der Waals surface area contributed by atoms with Crippen LogP contribution >= 0.6 is 0 Å². The summed E-state index contributed by atoms with van der Waals surface area (Å²) in [6.45, 7) is 1.27. The van der Waals surface area contributed by atoms with Gasteiger partial charge in [0.1, 0.15) is 0 Å². The van der Waals surface area contributed by atoms with Gasteiger partial charge in [0.15, 0.2) is 18.2 Å². The molecule has 8 heteroatoms. The lowest BCUT2D eigenvalue weighted by Gasteiger charge is -2.27. The summed E-state index contributed by atoms with van der Waals surface area (Å²) in [6, 6.07) is 10.7. The number of para-hydroxylation sites is 2. The van der Waals surface area contributed by atoms with E-state index in [0.717, 1.165) is 0 Å². The molecule has 2 aromatic carbocycles. The molecule has 0 unspecified atom stereocenters. The zero-order valence-electron chi connectivity index (χ0n) is 16.1. The molecule has 1 heterocycles. The van der Waals surface area contributed by atoms with Crippen molar-refractivity contribution < 1.29 is 28.2 Å². The Bertz CT molecular complexity index is 946. The van der Waals surface area contributed by atoms with E-state index in [1.54, 1.807) is 37.3 Å². The summed E-state index contributed by atoms with van der Waals surface area (Å²) in [5.41, 5.74) is 1.48. The minimum atomic E-state index is -0.659.